The van der Waals surface area contributed by atoms with Gasteiger partial charge in [-0.2, -0.15) is 0 Å². The van der Waals surface area contributed by atoms with Gasteiger partial charge in [0.25, 0.3) is 0 Å². The standard InChI is InChI=1S/C14H16P/c1-2-6-11(7-3-1)14-13-9-5-4-8-12(13)10-15-14/h4-5,8-11H,1-3,6-7H2. The zero-order valence-electron chi connectivity index (χ0n) is 8.95. The molecule has 0 N–H and O–H groups in total. The highest BCUT2D eigenvalue weighted by Gasteiger charge is 2.20. The van der Waals surface area contributed by atoms with Crippen LogP contribution in [0.3, 0.4) is 0 Å². The largest absolute Gasteiger partial charge is 0.0616 e. The summed E-state index contributed by atoms with van der Waals surface area (Å²) in [5.74, 6) is 3.25. The van der Waals surface area contributed by atoms with Crippen LogP contribution >= 0.6 is 8.58 Å². The summed E-state index contributed by atoms with van der Waals surface area (Å²) in [6.07, 6.45) is 7.17. The van der Waals surface area contributed by atoms with Crippen LogP contribution in [0.1, 0.15) is 32.1 Å². The predicted molar refractivity (Wildman–Crippen MR) is 67.1 cm³/mol. The first-order chi connectivity index (χ1) is 7.45. The Bertz CT molecular complexity index is 466. The Labute approximate surface area is 92.9 Å². The highest BCUT2D eigenvalue weighted by Crippen LogP contribution is 2.41. The molecule has 0 atom stereocenters. The molecule has 1 fully saturated rings. The molecule has 0 spiro atoms. The van der Waals surface area contributed by atoms with Crippen LogP contribution in [0.5, 0.6) is 0 Å². The maximum atomic E-state index is 2.37. The number of benzene rings is 1. The van der Waals surface area contributed by atoms with Gasteiger partial charge in [-0.1, -0.05) is 43.5 Å². The molecule has 1 saturated carbocycles. The van der Waals surface area contributed by atoms with Crippen molar-refractivity contribution in [1.29, 1.82) is 0 Å². The lowest BCUT2D eigenvalue weighted by atomic mass is 9.88. The van der Waals surface area contributed by atoms with Crippen LogP contribution in [0.15, 0.2) is 24.3 Å². The van der Waals surface area contributed by atoms with Crippen LogP contribution in [-0.2, 0) is 0 Å². The Kier molecular flexibility index (Phi) is 2.63. The number of hydrogen-bond donors (Lipinski definition) is 0. The molecule has 1 aromatic rings. The van der Waals surface area contributed by atoms with Crippen LogP contribution < -0.4 is 10.4 Å². The number of fused-ring (bicyclic) bond motifs is 1. The normalized spacial score (nSPS) is 22.8. The molecular weight excluding hydrogens is 199 g/mol. The van der Waals surface area contributed by atoms with Crippen molar-refractivity contribution >= 4 is 19.7 Å². The summed E-state index contributed by atoms with van der Waals surface area (Å²) in [7, 11) is 1.46. The lowest BCUT2D eigenvalue weighted by Crippen LogP contribution is -2.24. The van der Waals surface area contributed by atoms with Gasteiger partial charge in [0.1, 0.15) is 0 Å². The molecule has 1 heteroatoms. The van der Waals surface area contributed by atoms with Gasteiger partial charge in [0.2, 0.25) is 0 Å². The van der Waals surface area contributed by atoms with E-state index in [1.165, 1.54) is 51.1 Å². The summed E-state index contributed by atoms with van der Waals surface area (Å²) in [6, 6.07) is 8.87. The number of hydrogen-bond acceptors (Lipinski definition) is 0. The molecule has 77 valence electrons. The average molecular weight is 215 g/mol. The topological polar surface area (TPSA) is 0 Å². The molecule has 0 bridgehead atoms. The van der Waals surface area contributed by atoms with Crippen LogP contribution in [0, 0.1) is 5.92 Å². The summed E-state index contributed by atoms with van der Waals surface area (Å²) >= 11 is 0. The maximum absolute atomic E-state index is 2.37. The average Bonchev–Trinajstić information content (AvgIpc) is 2.74. The monoisotopic (exact) mass is 215 g/mol. The van der Waals surface area contributed by atoms with E-state index in [1.807, 2.05) is 0 Å². The zero-order valence-corrected chi connectivity index (χ0v) is 9.84. The van der Waals surface area contributed by atoms with Crippen LogP contribution in [0.4, 0.5) is 0 Å². The van der Waals surface area contributed by atoms with Gasteiger partial charge < -0.3 is 0 Å². The second kappa shape index (κ2) is 4.10. The van der Waals surface area contributed by atoms with E-state index in [2.05, 4.69) is 30.1 Å². The Morgan fingerprint density at radius 1 is 1.00 bits per heavy atom. The lowest BCUT2D eigenvalue weighted by Gasteiger charge is -2.22. The molecule has 0 unspecified atom stereocenters. The molecule has 15 heavy (non-hydrogen) atoms. The molecular formula is C14H16P. The summed E-state index contributed by atoms with van der Waals surface area (Å²) in [5.41, 5.74) is 0. The van der Waals surface area contributed by atoms with E-state index in [0.29, 0.717) is 0 Å². The first kappa shape index (κ1) is 9.60. The smallest absolute Gasteiger partial charge is 0.0137 e. The van der Waals surface area contributed by atoms with E-state index in [1.54, 1.807) is 5.31 Å². The highest BCUT2D eigenvalue weighted by atomic mass is 31.1. The Balaban J connectivity index is 2.04. The van der Waals surface area contributed by atoms with Crippen LogP contribution in [-0.4, -0.2) is 0 Å². The second-order valence-electron chi connectivity index (χ2n) is 4.57. The molecule has 0 saturated heterocycles. The third-order valence-electron chi connectivity index (χ3n) is 3.57. The van der Waals surface area contributed by atoms with Crippen LogP contribution in [0.25, 0.3) is 11.1 Å². The van der Waals surface area contributed by atoms with Gasteiger partial charge in [-0.05, 0) is 48.9 Å². The minimum Gasteiger partial charge on any atom is -0.0616 e. The van der Waals surface area contributed by atoms with E-state index < -0.39 is 0 Å². The molecule has 1 aromatic carbocycles. The third kappa shape index (κ3) is 1.76. The summed E-state index contributed by atoms with van der Waals surface area (Å²) < 4.78 is 0. The van der Waals surface area contributed by atoms with Gasteiger partial charge >= 0.3 is 0 Å². The van der Waals surface area contributed by atoms with Gasteiger partial charge in [0, 0.05) is 0 Å². The maximum Gasteiger partial charge on any atom is -0.0137 e. The van der Waals surface area contributed by atoms with E-state index in [4.69, 9.17) is 0 Å². The molecule has 1 heterocycles. The first-order valence-corrected chi connectivity index (χ1v) is 6.92. The Hall–Kier alpha value is -0.610. The summed E-state index contributed by atoms with van der Waals surface area (Å²) in [6.45, 7) is 0. The van der Waals surface area contributed by atoms with Crippen LogP contribution in [0.2, 0.25) is 0 Å². The predicted octanol–water partition coefficient (Wildman–Crippen LogP) is 3.07. The molecule has 0 amide bonds. The van der Waals surface area contributed by atoms with Crippen molar-refractivity contribution in [3.8, 4) is 0 Å². The van der Waals surface area contributed by atoms with Crippen molar-refractivity contribution in [3.05, 3.63) is 34.7 Å². The van der Waals surface area contributed by atoms with Gasteiger partial charge in [-0.15, -0.1) is 0 Å². The van der Waals surface area contributed by atoms with E-state index in [-0.39, 0.29) is 0 Å². The minimum atomic E-state index is 0.875. The SMILES string of the molecule is C1=c2ccccc2=C(C2CCCCC2)[P]1. The quantitative estimate of drug-likeness (QED) is 0.631. The fraction of sp³-hybridized carbons (Fsp3) is 0.429. The van der Waals surface area contributed by atoms with Gasteiger partial charge in [-0.25, -0.2) is 0 Å². The molecule has 3 rings (SSSR count). The Morgan fingerprint density at radius 2 is 1.80 bits per heavy atom. The molecule has 1 aliphatic carbocycles. The Morgan fingerprint density at radius 3 is 2.67 bits per heavy atom. The molecule has 1 aliphatic heterocycles. The van der Waals surface area contributed by atoms with E-state index in [9.17, 15) is 0 Å². The van der Waals surface area contributed by atoms with Crippen molar-refractivity contribution in [2.24, 2.45) is 5.92 Å². The van der Waals surface area contributed by atoms with Gasteiger partial charge in [-0.3, -0.25) is 0 Å². The lowest BCUT2D eigenvalue weighted by molar-refractivity contribution is 0.433. The highest BCUT2D eigenvalue weighted by molar-refractivity contribution is 7.58. The number of rotatable bonds is 1. The van der Waals surface area contributed by atoms with Gasteiger partial charge in [0.15, 0.2) is 0 Å². The molecule has 0 nitrogen and oxygen atoms in total. The second-order valence-corrected chi connectivity index (χ2v) is 5.56. The van der Waals surface area contributed by atoms with Gasteiger partial charge in [0.05, 0.1) is 0 Å². The summed E-state index contributed by atoms with van der Waals surface area (Å²) in [4.78, 5) is 0. The van der Waals surface area contributed by atoms with Crippen molar-refractivity contribution in [2.75, 3.05) is 0 Å². The molecule has 2 aliphatic rings. The third-order valence-corrected chi connectivity index (χ3v) is 4.86. The van der Waals surface area contributed by atoms with E-state index in [0.717, 1.165) is 5.92 Å². The molecule has 1 radical (unpaired) electrons. The molecule has 0 aromatic heterocycles. The van der Waals surface area contributed by atoms with Crippen molar-refractivity contribution in [3.63, 3.8) is 0 Å². The fourth-order valence-electron chi connectivity index (χ4n) is 2.75. The zero-order chi connectivity index (χ0) is 10.1. The van der Waals surface area contributed by atoms with Crippen molar-refractivity contribution in [2.45, 2.75) is 32.1 Å². The van der Waals surface area contributed by atoms with E-state index >= 15 is 0 Å². The summed E-state index contributed by atoms with van der Waals surface area (Å²) in [5, 5.41) is 4.69. The van der Waals surface area contributed by atoms with Crippen molar-refractivity contribution < 1.29 is 0 Å². The fourth-order valence-corrected chi connectivity index (χ4v) is 4.07. The minimum absolute atomic E-state index is 0.875. The van der Waals surface area contributed by atoms with Crippen molar-refractivity contribution in [1.82, 2.24) is 0 Å². The first-order valence-electron chi connectivity index (χ1n) is 5.95.